The van der Waals surface area contributed by atoms with Gasteiger partial charge in [0.25, 0.3) is 0 Å². The molecule has 0 aromatic heterocycles. The van der Waals surface area contributed by atoms with Crippen LogP contribution in [0.15, 0.2) is 24.3 Å². The van der Waals surface area contributed by atoms with Gasteiger partial charge in [0.2, 0.25) is 5.91 Å². The van der Waals surface area contributed by atoms with Gasteiger partial charge in [-0.25, -0.2) is 0 Å². The van der Waals surface area contributed by atoms with E-state index in [1.165, 1.54) is 89.9 Å². The molecule has 5 nitrogen and oxygen atoms in total. The van der Waals surface area contributed by atoms with E-state index in [2.05, 4.69) is 43.5 Å². The number of unbranched alkanes of at least 4 members (excludes halogenated alkanes) is 17. The summed E-state index contributed by atoms with van der Waals surface area (Å²) >= 11 is 0. The SMILES string of the molecule is CCCCC/C=C\C/C=C\CCCCCCCC(O)CC(=O)NC(CO)C(O)CCCCCCCCCCCC. The fourth-order valence-electron chi connectivity index (χ4n) is 5.08. The van der Waals surface area contributed by atoms with E-state index in [0.717, 1.165) is 44.9 Å². The van der Waals surface area contributed by atoms with Gasteiger partial charge in [-0.15, -0.1) is 0 Å². The summed E-state index contributed by atoms with van der Waals surface area (Å²) < 4.78 is 0. The molecule has 3 unspecified atom stereocenters. The van der Waals surface area contributed by atoms with Crippen molar-refractivity contribution in [1.29, 1.82) is 0 Å². The van der Waals surface area contributed by atoms with E-state index >= 15 is 0 Å². The third-order valence-electron chi connectivity index (χ3n) is 7.77. The quantitative estimate of drug-likeness (QED) is 0.0518. The number of carbonyl (C=O) groups is 1. The van der Waals surface area contributed by atoms with Gasteiger partial charge in [0.15, 0.2) is 0 Å². The average molecular weight is 566 g/mol. The molecule has 0 aromatic carbocycles. The van der Waals surface area contributed by atoms with Crippen molar-refractivity contribution in [2.75, 3.05) is 6.61 Å². The Morgan fingerprint density at radius 1 is 0.625 bits per heavy atom. The zero-order valence-corrected chi connectivity index (χ0v) is 26.5. The molecule has 0 saturated heterocycles. The first-order valence-electron chi connectivity index (χ1n) is 17.1. The van der Waals surface area contributed by atoms with Crippen LogP contribution >= 0.6 is 0 Å². The molecule has 0 aliphatic heterocycles. The molecular formula is C35H67NO4. The van der Waals surface area contributed by atoms with E-state index < -0.39 is 18.2 Å². The van der Waals surface area contributed by atoms with Gasteiger partial charge < -0.3 is 20.6 Å². The minimum Gasteiger partial charge on any atom is -0.394 e. The van der Waals surface area contributed by atoms with Gasteiger partial charge in [0, 0.05) is 0 Å². The Hall–Kier alpha value is -1.17. The Kier molecular flexibility index (Phi) is 29.9. The zero-order valence-electron chi connectivity index (χ0n) is 26.5. The molecule has 0 radical (unpaired) electrons. The van der Waals surface area contributed by atoms with E-state index in [9.17, 15) is 20.1 Å². The second-order valence-electron chi connectivity index (χ2n) is 11.8. The summed E-state index contributed by atoms with van der Waals surface area (Å²) in [6.45, 7) is 4.19. The second kappa shape index (κ2) is 30.8. The van der Waals surface area contributed by atoms with Gasteiger partial charge in [0.1, 0.15) is 0 Å². The summed E-state index contributed by atoms with van der Waals surface area (Å²) in [4.78, 5) is 12.3. The number of carbonyl (C=O) groups excluding carboxylic acids is 1. The maximum atomic E-state index is 12.3. The number of allylic oxidation sites excluding steroid dienone is 4. The van der Waals surface area contributed by atoms with Gasteiger partial charge in [-0.3, -0.25) is 4.79 Å². The minimum absolute atomic E-state index is 0.0271. The van der Waals surface area contributed by atoms with Crippen molar-refractivity contribution in [3.05, 3.63) is 24.3 Å². The average Bonchev–Trinajstić information content (AvgIpc) is 2.94. The topological polar surface area (TPSA) is 89.8 Å². The first kappa shape index (κ1) is 38.8. The highest BCUT2D eigenvalue weighted by Gasteiger charge is 2.21. The third-order valence-corrected chi connectivity index (χ3v) is 7.77. The molecular weight excluding hydrogens is 498 g/mol. The first-order chi connectivity index (χ1) is 19.5. The molecule has 1 amide bonds. The maximum absolute atomic E-state index is 12.3. The summed E-state index contributed by atoms with van der Waals surface area (Å²) in [6.07, 6.45) is 34.1. The third kappa shape index (κ3) is 27.0. The van der Waals surface area contributed by atoms with Crippen molar-refractivity contribution in [1.82, 2.24) is 5.32 Å². The Balaban J connectivity index is 3.74. The van der Waals surface area contributed by atoms with Crippen LogP contribution in [0.1, 0.15) is 168 Å². The molecule has 0 rings (SSSR count). The summed E-state index contributed by atoms with van der Waals surface area (Å²) in [5.74, 6) is -0.295. The van der Waals surface area contributed by atoms with Crippen LogP contribution < -0.4 is 5.32 Å². The predicted octanol–water partition coefficient (Wildman–Crippen LogP) is 8.70. The van der Waals surface area contributed by atoms with E-state index in [1.54, 1.807) is 0 Å². The molecule has 0 spiro atoms. The van der Waals surface area contributed by atoms with Crippen LogP contribution in [-0.2, 0) is 4.79 Å². The highest BCUT2D eigenvalue weighted by Crippen LogP contribution is 2.14. The van der Waals surface area contributed by atoms with Crippen molar-refractivity contribution in [2.45, 2.75) is 186 Å². The van der Waals surface area contributed by atoms with E-state index in [0.29, 0.717) is 12.8 Å². The molecule has 236 valence electrons. The van der Waals surface area contributed by atoms with Crippen LogP contribution in [0.25, 0.3) is 0 Å². The van der Waals surface area contributed by atoms with Crippen molar-refractivity contribution >= 4 is 5.91 Å². The van der Waals surface area contributed by atoms with Crippen LogP contribution in [0.5, 0.6) is 0 Å². The van der Waals surface area contributed by atoms with Crippen molar-refractivity contribution in [3.63, 3.8) is 0 Å². The molecule has 0 heterocycles. The van der Waals surface area contributed by atoms with E-state index in [4.69, 9.17) is 0 Å². The monoisotopic (exact) mass is 566 g/mol. The van der Waals surface area contributed by atoms with Crippen molar-refractivity contribution < 1.29 is 20.1 Å². The molecule has 0 fully saturated rings. The lowest BCUT2D eigenvalue weighted by atomic mass is 10.0. The highest BCUT2D eigenvalue weighted by atomic mass is 16.3. The molecule has 4 N–H and O–H groups in total. The molecule has 5 heteroatoms. The molecule has 3 atom stereocenters. The summed E-state index contributed by atoms with van der Waals surface area (Å²) in [5.41, 5.74) is 0. The Labute approximate surface area is 248 Å². The standard InChI is InChI=1S/C35H67NO4/c1-3-5-7-9-11-13-15-16-17-18-19-20-22-24-26-28-32(38)30-35(40)36-33(31-37)34(39)29-27-25-23-21-14-12-10-8-6-4-2/h11,13,16-17,32-34,37-39H,3-10,12,14-15,18-31H2,1-2H3,(H,36,40)/b13-11-,17-16-. The first-order valence-corrected chi connectivity index (χ1v) is 17.1. The summed E-state index contributed by atoms with van der Waals surface area (Å²) in [6, 6.07) is -0.658. The van der Waals surface area contributed by atoms with Crippen molar-refractivity contribution in [3.8, 4) is 0 Å². The molecule has 0 aliphatic rings. The van der Waals surface area contributed by atoms with Crippen LogP contribution in [0.3, 0.4) is 0 Å². The minimum atomic E-state index is -0.748. The Bertz CT molecular complexity index is 592. The van der Waals surface area contributed by atoms with Gasteiger partial charge >= 0.3 is 0 Å². The summed E-state index contributed by atoms with van der Waals surface area (Å²) in [7, 11) is 0. The van der Waals surface area contributed by atoms with Crippen LogP contribution in [0.2, 0.25) is 0 Å². The zero-order chi connectivity index (χ0) is 29.5. The smallest absolute Gasteiger partial charge is 0.222 e. The second-order valence-corrected chi connectivity index (χ2v) is 11.8. The van der Waals surface area contributed by atoms with E-state index in [-0.39, 0.29) is 18.9 Å². The van der Waals surface area contributed by atoms with Gasteiger partial charge in [0.05, 0.1) is 31.3 Å². The number of rotatable bonds is 30. The van der Waals surface area contributed by atoms with Crippen molar-refractivity contribution in [2.24, 2.45) is 0 Å². The number of nitrogens with one attached hydrogen (secondary N) is 1. The fraction of sp³-hybridized carbons (Fsp3) is 0.857. The molecule has 0 bridgehead atoms. The fourth-order valence-corrected chi connectivity index (χ4v) is 5.08. The molecule has 0 aliphatic carbocycles. The molecule has 40 heavy (non-hydrogen) atoms. The Morgan fingerprint density at radius 2 is 1.07 bits per heavy atom. The highest BCUT2D eigenvalue weighted by molar-refractivity contribution is 5.76. The molecule has 0 aromatic rings. The maximum Gasteiger partial charge on any atom is 0.222 e. The number of aliphatic hydroxyl groups is 3. The van der Waals surface area contributed by atoms with Crippen LogP contribution in [0.4, 0.5) is 0 Å². The van der Waals surface area contributed by atoms with Crippen LogP contribution in [0, 0.1) is 0 Å². The number of aliphatic hydroxyl groups excluding tert-OH is 3. The van der Waals surface area contributed by atoms with Crippen LogP contribution in [-0.4, -0.2) is 46.1 Å². The lowest BCUT2D eigenvalue weighted by Crippen LogP contribution is -2.46. The number of hydrogen-bond acceptors (Lipinski definition) is 4. The molecule has 0 saturated carbocycles. The number of hydrogen-bond donors (Lipinski definition) is 4. The predicted molar refractivity (Wildman–Crippen MR) is 171 cm³/mol. The Morgan fingerprint density at radius 3 is 1.62 bits per heavy atom. The lowest BCUT2D eigenvalue weighted by molar-refractivity contribution is -0.125. The van der Waals surface area contributed by atoms with Gasteiger partial charge in [-0.05, 0) is 44.9 Å². The normalized spacial score (nSPS) is 14.2. The van der Waals surface area contributed by atoms with E-state index in [1.807, 2.05) is 0 Å². The largest absolute Gasteiger partial charge is 0.394 e. The van der Waals surface area contributed by atoms with Gasteiger partial charge in [-0.2, -0.15) is 0 Å². The van der Waals surface area contributed by atoms with Gasteiger partial charge in [-0.1, -0.05) is 141 Å². The lowest BCUT2D eigenvalue weighted by Gasteiger charge is -2.23. The summed E-state index contributed by atoms with van der Waals surface area (Å²) in [5, 5.41) is 33.1. The number of amides is 1.